The number of sulfonamides is 1. The molecule has 0 spiro atoms. The lowest BCUT2D eigenvalue weighted by atomic mass is 9.98. The van der Waals surface area contributed by atoms with Crippen LogP contribution in [0, 0.1) is 12.8 Å². The van der Waals surface area contributed by atoms with Gasteiger partial charge in [-0.2, -0.15) is 4.31 Å². The van der Waals surface area contributed by atoms with Crippen molar-refractivity contribution in [3.05, 3.63) is 57.9 Å². The lowest BCUT2D eigenvalue weighted by Gasteiger charge is -2.31. The molecule has 1 aromatic heterocycles. The van der Waals surface area contributed by atoms with Crippen molar-refractivity contribution in [3.8, 4) is 17.0 Å². The number of aromatic nitrogens is 1. The summed E-state index contributed by atoms with van der Waals surface area (Å²) in [5.74, 6) is -0.211. The second-order valence-electron chi connectivity index (χ2n) is 8.05. The Kier molecular flexibility index (Phi) is 7.57. The standard InChI is InChI=1S/C24H26ClN3O4S2/c1-3-32-23-10-9-20(13-21(23)25)34(30,31)28-11-5-7-18(14-28)24(29)27-19-8-4-6-17(12-19)22-15-33-16(2)26-22/h4,6,8-10,12-13,15,18H,3,5,7,11,14H2,1-2H3,(H,27,29)/t18-/m0/s1. The van der Waals surface area contributed by atoms with Gasteiger partial charge in [0.1, 0.15) is 5.75 Å². The van der Waals surface area contributed by atoms with E-state index in [1.54, 1.807) is 17.4 Å². The molecule has 34 heavy (non-hydrogen) atoms. The van der Waals surface area contributed by atoms with Crippen LogP contribution in [0.1, 0.15) is 24.8 Å². The van der Waals surface area contributed by atoms with Gasteiger partial charge in [-0.25, -0.2) is 13.4 Å². The monoisotopic (exact) mass is 519 g/mol. The highest BCUT2D eigenvalue weighted by Crippen LogP contribution is 2.31. The fourth-order valence-electron chi connectivity index (χ4n) is 3.93. The van der Waals surface area contributed by atoms with Gasteiger partial charge in [-0.1, -0.05) is 23.7 Å². The van der Waals surface area contributed by atoms with E-state index in [2.05, 4.69) is 10.3 Å². The quantitative estimate of drug-likeness (QED) is 0.463. The second kappa shape index (κ2) is 10.4. The number of benzene rings is 2. The maximum atomic E-state index is 13.2. The van der Waals surface area contributed by atoms with Crippen LogP contribution in [0.5, 0.6) is 5.75 Å². The van der Waals surface area contributed by atoms with Gasteiger partial charge < -0.3 is 10.1 Å². The number of hydrogen-bond donors (Lipinski definition) is 1. The zero-order valence-electron chi connectivity index (χ0n) is 19.0. The van der Waals surface area contributed by atoms with E-state index in [-0.39, 0.29) is 22.4 Å². The number of piperidine rings is 1. The maximum Gasteiger partial charge on any atom is 0.243 e. The number of anilines is 1. The van der Waals surface area contributed by atoms with Crippen LogP contribution >= 0.6 is 22.9 Å². The van der Waals surface area contributed by atoms with E-state index in [9.17, 15) is 13.2 Å². The van der Waals surface area contributed by atoms with E-state index >= 15 is 0 Å². The summed E-state index contributed by atoms with van der Waals surface area (Å²) in [5.41, 5.74) is 2.44. The second-order valence-corrected chi connectivity index (χ2v) is 11.5. The van der Waals surface area contributed by atoms with Gasteiger partial charge in [-0.15, -0.1) is 11.3 Å². The SMILES string of the molecule is CCOc1ccc(S(=O)(=O)N2CCC[C@H](C(=O)Nc3cccc(-c4csc(C)n4)c3)C2)cc1Cl. The summed E-state index contributed by atoms with van der Waals surface area (Å²) in [6.45, 7) is 4.68. The van der Waals surface area contributed by atoms with Crippen molar-refractivity contribution >= 4 is 44.6 Å². The Morgan fingerprint density at radius 1 is 1.29 bits per heavy atom. The maximum absolute atomic E-state index is 13.2. The van der Waals surface area contributed by atoms with Gasteiger partial charge in [-0.3, -0.25) is 4.79 Å². The van der Waals surface area contributed by atoms with Gasteiger partial charge in [0, 0.05) is 29.7 Å². The van der Waals surface area contributed by atoms with Crippen molar-refractivity contribution in [2.75, 3.05) is 25.0 Å². The zero-order valence-corrected chi connectivity index (χ0v) is 21.3. The van der Waals surface area contributed by atoms with Crippen LogP contribution in [0.2, 0.25) is 5.02 Å². The van der Waals surface area contributed by atoms with Gasteiger partial charge >= 0.3 is 0 Å². The summed E-state index contributed by atoms with van der Waals surface area (Å²) in [5, 5.41) is 6.14. The molecule has 4 rings (SSSR count). The number of rotatable bonds is 7. The normalized spacial score (nSPS) is 16.9. The molecule has 0 aliphatic carbocycles. The lowest BCUT2D eigenvalue weighted by Crippen LogP contribution is -2.43. The van der Waals surface area contributed by atoms with Crippen molar-refractivity contribution in [3.63, 3.8) is 0 Å². The van der Waals surface area contributed by atoms with Crippen molar-refractivity contribution in [1.82, 2.24) is 9.29 Å². The number of carbonyl (C=O) groups is 1. The van der Waals surface area contributed by atoms with Crippen LogP contribution in [0.4, 0.5) is 5.69 Å². The Balaban J connectivity index is 1.46. The van der Waals surface area contributed by atoms with Crippen LogP contribution in [-0.2, 0) is 14.8 Å². The minimum atomic E-state index is -3.79. The van der Waals surface area contributed by atoms with E-state index in [0.29, 0.717) is 37.4 Å². The number of amides is 1. The first-order chi connectivity index (χ1) is 16.3. The summed E-state index contributed by atoms with van der Waals surface area (Å²) in [6, 6.07) is 12.0. The Morgan fingerprint density at radius 3 is 2.82 bits per heavy atom. The minimum absolute atomic E-state index is 0.0910. The molecule has 1 N–H and O–H groups in total. The Bertz CT molecular complexity index is 1290. The number of hydrogen-bond acceptors (Lipinski definition) is 6. The lowest BCUT2D eigenvalue weighted by molar-refractivity contribution is -0.120. The first-order valence-corrected chi connectivity index (χ1v) is 13.7. The number of nitrogens with one attached hydrogen (secondary N) is 1. The third-order valence-corrected chi connectivity index (χ3v) is 8.57. The Morgan fingerprint density at radius 2 is 2.12 bits per heavy atom. The number of halogens is 1. The van der Waals surface area contributed by atoms with Crippen molar-refractivity contribution < 1.29 is 17.9 Å². The van der Waals surface area contributed by atoms with Crippen molar-refractivity contribution in [1.29, 1.82) is 0 Å². The number of carbonyl (C=O) groups excluding carboxylic acids is 1. The van der Waals surface area contributed by atoms with Gasteiger partial charge in [0.15, 0.2) is 0 Å². The fourth-order valence-corrected chi connectivity index (χ4v) is 6.41. The highest BCUT2D eigenvalue weighted by atomic mass is 35.5. The van der Waals surface area contributed by atoms with Gasteiger partial charge in [0.05, 0.1) is 33.1 Å². The van der Waals surface area contributed by atoms with Crippen molar-refractivity contribution in [2.24, 2.45) is 5.92 Å². The highest BCUT2D eigenvalue weighted by Gasteiger charge is 2.33. The number of aryl methyl sites for hydroxylation is 1. The molecule has 1 atom stereocenters. The number of thiazole rings is 1. The molecule has 2 aromatic carbocycles. The van der Waals surface area contributed by atoms with E-state index in [1.165, 1.54) is 16.4 Å². The molecule has 2 heterocycles. The summed E-state index contributed by atoms with van der Waals surface area (Å²) >= 11 is 7.78. The minimum Gasteiger partial charge on any atom is -0.492 e. The molecule has 0 unspecified atom stereocenters. The average molecular weight is 520 g/mol. The average Bonchev–Trinajstić information content (AvgIpc) is 3.27. The highest BCUT2D eigenvalue weighted by molar-refractivity contribution is 7.89. The van der Waals surface area contributed by atoms with Crippen LogP contribution in [0.15, 0.2) is 52.7 Å². The van der Waals surface area contributed by atoms with E-state index < -0.39 is 15.9 Å². The van der Waals surface area contributed by atoms with Gasteiger partial charge in [0.25, 0.3) is 0 Å². The molecule has 180 valence electrons. The van der Waals surface area contributed by atoms with Gasteiger partial charge in [-0.05, 0) is 57.0 Å². The zero-order chi connectivity index (χ0) is 24.3. The fraction of sp³-hybridized carbons (Fsp3) is 0.333. The molecule has 0 saturated carbocycles. The number of nitrogens with zero attached hydrogens (tertiary/aromatic N) is 2. The molecule has 1 fully saturated rings. The predicted molar refractivity (Wildman–Crippen MR) is 135 cm³/mol. The molecule has 0 bridgehead atoms. The third-order valence-electron chi connectivity index (χ3n) is 5.64. The first kappa shape index (κ1) is 24.7. The van der Waals surface area contributed by atoms with Crippen molar-refractivity contribution in [2.45, 2.75) is 31.6 Å². The number of ether oxygens (including phenoxy) is 1. The first-order valence-electron chi connectivity index (χ1n) is 11.0. The summed E-state index contributed by atoms with van der Waals surface area (Å²) < 4.78 is 33.2. The summed E-state index contributed by atoms with van der Waals surface area (Å²) in [7, 11) is -3.79. The Hall–Kier alpha value is -2.46. The van der Waals surface area contributed by atoms with E-state index in [1.807, 2.05) is 43.5 Å². The predicted octanol–water partition coefficient (Wildman–Crippen LogP) is 5.21. The van der Waals surface area contributed by atoms with E-state index in [4.69, 9.17) is 16.3 Å². The molecular formula is C24H26ClN3O4S2. The third kappa shape index (κ3) is 5.43. The largest absolute Gasteiger partial charge is 0.492 e. The summed E-state index contributed by atoms with van der Waals surface area (Å²) in [4.78, 5) is 17.6. The summed E-state index contributed by atoms with van der Waals surface area (Å²) in [6.07, 6.45) is 1.22. The van der Waals surface area contributed by atoms with Crippen LogP contribution < -0.4 is 10.1 Å². The van der Waals surface area contributed by atoms with Crippen LogP contribution in [0.25, 0.3) is 11.3 Å². The molecule has 1 aliphatic rings. The molecular weight excluding hydrogens is 494 g/mol. The van der Waals surface area contributed by atoms with Crippen LogP contribution in [-0.4, -0.2) is 43.3 Å². The molecule has 1 amide bonds. The smallest absolute Gasteiger partial charge is 0.243 e. The molecule has 1 saturated heterocycles. The van der Waals surface area contributed by atoms with Crippen LogP contribution in [0.3, 0.4) is 0 Å². The van der Waals surface area contributed by atoms with Gasteiger partial charge in [0.2, 0.25) is 15.9 Å². The Labute approximate surface area is 208 Å². The molecule has 3 aromatic rings. The van der Waals surface area contributed by atoms with E-state index in [0.717, 1.165) is 16.3 Å². The molecule has 1 aliphatic heterocycles. The molecule has 0 radical (unpaired) electrons. The topological polar surface area (TPSA) is 88.6 Å². The molecule has 7 nitrogen and oxygen atoms in total. The molecule has 10 heteroatoms.